The first-order chi connectivity index (χ1) is 11.2. The van der Waals surface area contributed by atoms with Gasteiger partial charge in [0.15, 0.2) is 0 Å². The van der Waals surface area contributed by atoms with Crippen LogP contribution >= 0.6 is 24.0 Å². The number of carboxylic acids is 1. The number of hydrogen-bond donors (Lipinski definition) is 1. The van der Waals surface area contributed by atoms with E-state index in [1.807, 2.05) is 0 Å². The van der Waals surface area contributed by atoms with Crippen LogP contribution in [0.4, 0.5) is 10.5 Å². The molecule has 9 heteroatoms. The van der Waals surface area contributed by atoms with Crippen molar-refractivity contribution in [3.8, 4) is 0 Å². The highest BCUT2D eigenvalue weighted by molar-refractivity contribution is 8.19. The first-order valence-corrected chi connectivity index (χ1v) is 8.19. The number of aliphatic carboxylic acids is 1. The van der Waals surface area contributed by atoms with E-state index in [-0.39, 0.29) is 16.6 Å². The quantitative estimate of drug-likeness (QED) is 0.368. The molecule has 126 valence electrons. The molecule has 0 aliphatic carbocycles. The second-order valence-corrected chi connectivity index (χ2v) is 6.81. The number of carbonyl (C=O) groups is 2. The first-order valence-electron chi connectivity index (χ1n) is 6.96. The number of nitro groups is 1. The van der Waals surface area contributed by atoms with Gasteiger partial charge in [-0.15, -0.1) is 0 Å². The van der Waals surface area contributed by atoms with E-state index in [2.05, 4.69) is 0 Å². The molecule has 1 N–H and O–H groups in total. The van der Waals surface area contributed by atoms with E-state index in [0.29, 0.717) is 10.5 Å². The number of hydrogen-bond acceptors (Lipinski definition) is 6. The van der Waals surface area contributed by atoms with Crippen LogP contribution in [0.25, 0.3) is 6.08 Å². The summed E-state index contributed by atoms with van der Waals surface area (Å²) in [5, 5.41) is 19.6. The standard InChI is InChI=1S/C15H14N2O5S2/c1-8(2)12(14(18)19)16-13(23)11(24-15(16)20)7-9-3-5-10(6-4-9)17(21)22/h3-8,12H,1-2H3,(H,18,19). The van der Waals surface area contributed by atoms with Crippen LogP contribution in [-0.4, -0.2) is 37.2 Å². The third kappa shape index (κ3) is 3.62. The number of thiocarbonyl (C=S) groups is 1. The molecule has 7 nitrogen and oxygen atoms in total. The molecule has 1 aromatic rings. The van der Waals surface area contributed by atoms with Gasteiger partial charge in [-0.05, 0) is 41.5 Å². The maximum absolute atomic E-state index is 12.2. The average molecular weight is 366 g/mol. The summed E-state index contributed by atoms with van der Waals surface area (Å²) in [5.74, 6) is -1.42. The minimum absolute atomic E-state index is 0.0396. The van der Waals surface area contributed by atoms with E-state index < -0.39 is 22.2 Å². The molecule has 0 spiro atoms. The fraction of sp³-hybridized carbons (Fsp3) is 0.267. The van der Waals surface area contributed by atoms with Gasteiger partial charge in [-0.25, -0.2) is 4.79 Å². The fourth-order valence-electron chi connectivity index (χ4n) is 2.26. The molecule has 1 amide bonds. The largest absolute Gasteiger partial charge is 0.480 e. The smallest absolute Gasteiger partial charge is 0.327 e. The summed E-state index contributed by atoms with van der Waals surface area (Å²) in [5.41, 5.74) is 0.596. The van der Waals surface area contributed by atoms with Crippen LogP contribution in [0.2, 0.25) is 0 Å². The van der Waals surface area contributed by atoms with Gasteiger partial charge in [0.25, 0.3) is 10.9 Å². The molecular formula is C15H14N2O5S2. The van der Waals surface area contributed by atoms with E-state index in [9.17, 15) is 24.8 Å². The molecule has 1 aliphatic rings. The van der Waals surface area contributed by atoms with Gasteiger partial charge in [0.1, 0.15) is 11.0 Å². The minimum Gasteiger partial charge on any atom is -0.480 e. The number of amides is 1. The summed E-state index contributed by atoms with van der Waals surface area (Å²) in [7, 11) is 0. The molecule has 1 heterocycles. The van der Waals surface area contributed by atoms with Crippen LogP contribution in [0.15, 0.2) is 29.2 Å². The third-order valence-electron chi connectivity index (χ3n) is 3.39. The Balaban J connectivity index is 2.30. The molecule has 1 atom stereocenters. The van der Waals surface area contributed by atoms with Gasteiger partial charge in [-0.3, -0.25) is 19.8 Å². The van der Waals surface area contributed by atoms with Crippen molar-refractivity contribution in [3.63, 3.8) is 0 Å². The Morgan fingerprint density at radius 3 is 2.42 bits per heavy atom. The van der Waals surface area contributed by atoms with E-state index >= 15 is 0 Å². The molecule has 0 saturated carbocycles. The second kappa shape index (κ2) is 7.10. The summed E-state index contributed by atoms with van der Waals surface area (Å²) in [6.07, 6.45) is 1.62. The van der Waals surface area contributed by atoms with E-state index in [1.165, 1.54) is 12.1 Å². The molecular weight excluding hydrogens is 352 g/mol. The highest BCUT2D eigenvalue weighted by Gasteiger charge is 2.41. The summed E-state index contributed by atoms with van der Waals surface area (Å²) >= 11 is 6.12. The summed E-state index contributed by atoms with van der Waals surface area (Å²) < 4.78 is 0. The molecule has 1 aliphatic heterocycles. The minimum atomic E-state index is -1.11. The lowest BCUT2D eigenvalue weighted by molar-refractivity contribution is -0.384. The van der Waals surface area contributed by atoms with Gasteiger partial charge >= 0.3 is 5.97 Å². The van der Waals surface area contributed by atoms with Gasteiger partial charge in [0, 0.05) is 12.1 Å². The molecule has 1 saturated heterocycles. The van der Waals surface area contributed by atoms with Crippen molar-refractivity contribution in [1.82, 2.24) is 4.90 Å². The number of thioether (sulfide) groups is 1. The van der Waals surface area contributed by atoms with Crippen LogP contribution in [0.3, 0.4) is 0 Å². The Bertz CT molecular complexity index is 743. The fourth-order valence-corrected chi connectivity index (χ4v) is 3.57. The lowest BCUT2D eigenvalue weighted by atomic mass is 10.0. The number of nitrogens with zero attached hydrogens (tertiary/aromatic N) is 2. The molecule has 1 fully saturated rings. The van der Waals surface area contributed by atoms with Crippen molar-refractivity contribution >= 4 is 51.9 Å². The van der Waals surface area contributed by atoms with Crippen molar-refractivity contribution in [2.45, 2.75) is 19.9 Å². The van der Waals surface area contributed by atoms with Crippen molar-refractivity contribution < 1.29 is 19.6 Å². The Morgan fingerprint density at radius 2 is 1.96 bits per heavy atom. The number of non-ortho nitro benzene ring substituents is 1. The molecule has 2 rings (SSSR count). The second-order valence-electron chi connectivity index (χ2n) is 5.43. The number of benzene rings is 1. The van der Waals surface area contributed by atoms with Gasteiger partial charge in [0.05, 0.1) is 9.83 Å². The van der Waals surface area contributed by atoms with Crippen LogP contribution < -0.4 is 0 Å². The third-order valence-corrected chi connectivity index (χ3v) is 4.84. The highest BCUT2D eigenvalue weighted by Crippen LogP contribution is 2.36. The number of carbonyl (C=O) groups excluding carboxylic acids is 1. The maximum atomic E-state index is 12.2. The Kier molecular flexibility index (Phi) is 5.35. The van der Waals surface area contributed by atoms with Crippen molar-refractivity contribution in [2.24, 2.45) is 5.92 Å². The lowest BCUT2D eigenvalue weighted by Crippen LogP contribution is -2.46. The van der Waals surface area contributed by atoms with Gasteiger partial charge in [-0.2, -0.15) is 0 Å². The van der Waals surface area contributed by atoms with E-state index in [0.717, 1.165) is 16.7 Å². The SMILES string of the molecule is CC(C)C(C(=O)O)N1C(=O)SC(=Cc2ccc([N+](=O)[O-])cc2)C1=S. The molecule has 0 radical (unpaired) electrons. The molecule has 1 aromatic carbocycles. The molecule has 24 heavy (non-hydrogen) atoms. The van der Waals surface area contributed by atoms with Crippen LogP contribution in [0, 0.1) is 16.0 Å². The molecule has 0 bridgehead atoms. The highest BCUT2D eigenvalue weighted by atomic mass is 32.2. The summed E-state index contributed by atoms with van der Waals surface area (Å²) in [6.45, 7) is 3.41. The van der Waals surface area contributed by atoms with Gasteiger partial charge in [-0.1, -0.05) is 26.1 Å². The van der Waals surface area contributed by atoms with Crippen LogP contribution in [0.5, 0.6) is 0 Å². The Hall–Kier alpha value is -2.26. The average Bonchev–Trinajstić information content (AvgIpc) is 2.75. The van der Waals surface area contributed by atoms with Crippen molar-refractivity contribution in [1.29, 1.82) is 0 Å². The monoisotopic (exact) mass is 366 g/mol. The van der Waals surface area contributed by atoms with Crippen LogP contribution in [-0.2, 0) is 4.79 Å². The topological polar surface area (TPSA) is 101 Å². The lowest BCUT2D eigenvalue weighted by Gasteiger charge is -2.26. The predicted molar refractivity (Wildman–Crippen MR) is 94.8 cm³/mol. The number of nitro benzene ring substituents is 1. The zero-order valence-electron chi connectivity index (χ0n) is 12.8. The Labute approximate surface area is 147 Å². The zero-order valence-corrected chi connectivity index (χ0v) is 14.5. The van der Waals surface area contributed by atoms with Crippen molar-refractivity contribution in [3.05, 3.63) is 44.8 Å². The number of rotatable bonds is 5. The van der Waals surface area contributed by atoms with E-state index in [1.54, 1.807) is 32.1 Å². The normalized spacial score (nSPS) is 17.6. The maximum Gasteiger partial charge on any atom is 0.327 e. The predicted octanol–water partition coefficient (Wildman–Crippen LogP) is 3.54. The number of carboxylic acid groups (broad SMARTS) is 1. The van der Waals surface area contributed by atoms with Gasteiger partial charge in [0.2, 0.25) is 0 Å². The molecule has 1 unspecified atom stereocenters. The first kappa shape index (κ1) is 18.1. The summed E-state index contributed by atoms with van der Waals surface area (Å²) in [4.78, 5) is 35.5. The zero-order chi connectivity index (χ0) is 18.0. The van der Waals surface area contributed by atoms with Crippen LogP contribution in [0.1, 0.15) is 19.4 Å². The summed E-state index contributed by atoms with van der Waals surface area (Å²) in [6, 6.07) is 4.75. The van der Waals surface area contributed by atoms with Crippen molar-refractivity contribution in [2.75, 3.05) is 0 Å². The molecule has 0 aromatic heterocycles. The van der Waals surface area contributed by atoms with Gasteiger partial charge < -0.3 is 5.11 Å². The van der Waals surface area contributed by atoms with E-state index in [4.69, 9.17) is 12.2 Å². The Morgan fingerprint density at radius 1 is 1.38 bits per heavy atom.